The Balaban J connectivity index is 2.74. The number of para-hydroxylation sites is 1. The second-order valence-corrected chi connectivity index (χ2v) is 5.06. The van der Waals surface area contributed by atoms with Crippen molar-refractivity contribution < 1.29 is 9.53 Å². The summed E-state index contributed by atoms with van der Waals surface area (Å²) >= 11 is 0. The van der Waals surface area contributed by atoms with Crippen LogP contribution in [0.4, 0.5) is 0 Å². The molecule has 0 aliphatic heterocycles. The number of hydrogen-bond acceptors (Lipinski definition) is 3. The maximum Gasteiger partial charge on any atom is 0.166 e. The van der Waals surface area contributed by atoms with Gasteiger partial charge in [-0.2, -0.15) is 0 Å². The van der Waals surface area contributed by atoms with Crippen LogP contribution < -0.4 is 10.5 Å². The van der Waals surface area contributed by atoms with Crippen molar-refractivity contribution in [1.82, 2.24) is 0 Å². The fraction of sp³-hybridized carbons (Fsp3) is 0.533. The molecule has 3 heteroatoms. The van der Waals surface area contributed by atoms with E-state index < -0.39 is 0 Å². The number of benzene rings is 1. The van der Waals surface area contributed by atoms with Crippen molar-refractivity contribution in [3.63, 3.8) is 0 Å². The Morgan fingerprint density at radius 2 is 2.00 bits per heavy atom. The van der Waals surface area contributed by atoms with Gasteiger partial charge in [-0.1, -0.05) is 26.0 Å². The Kier molecular flexibility index (Phi) is 5.86. The molecule has 1 atom stereocenters. The monoisotopic (exact) mass is 249 g/mol. The summed E-state index contributed by atoms with van der Waals surface area (Å²) in [4.78, 5) is 12.2. The largest absolute Gasteiger partial charge is 0.496 e. The Hall–Kier alpha value is -1.35. The smallest absolute Gasteiger partial charge is 0.166 e. The van der Waals surface area contributed by atoms with Crippen LogP contribution in [-0.4, -0.2) is 19.4 Å². The molecule has 100 valence electrons. The molecule has 0 spiro atoms. The minimum atomic E-state index is 0.114. The second-order valence-electron chi connectivity index (χ2n) is 5.06. The maximum atomic E-state index is 12.2. The Bertz CT molecular complexity index is 388. The molecule has 0 bridgehead atoms. The van der Waals surface area contributed by atoms with Gasteiger partial charge in [-0.05, 0) is 36.9 Å². The maximum absolute atomic E-state index is 12.2. The Labute approximate surface area is 109 Å². The molecule has 3 nitrogen and oxygen atoms in total. The third-order valence-corrected chi connectivity index (χ3v) is 3.02. The standard InChI is InChI=1S/C15H23NO2/c1-11(2)8-12(10-16)9-14(17)13-6-4-5-7-15(13)18-3/h4-7,11-12H,8-10,16H2,1-3H3. The van der Waals surface area contributed by atoms with E-state index in [1.807, 2.05) is 24.3 Å². The van der Waals surface area contributed by atoms with Gasteiger partial charge in [0, 0.05) is 6.42 Å². The summed E-state index contributed by atoms with van der Waals surface area (Å²) in [5.41, 5.74) is 6.39. The summed E-state index contributed by atoms with van der Waals surface area (Å²) in [6.45, 7) is 4.85. The number of methoxy groups -OCH3 is 1. The lowest BCUT2D eigenvalue weighted by atomic mass is 9.90. The highest BCUT2D eigenvalue weighted by atomic mass is 16.5. The molecule has 0 saturated heterocycles. The highest BCUT2D eigenvalue weighted by Crippen LogP contribution is 2.23. The number of ketones is 1. The van der Waals surface area contributed by atoms with Crippen molar-refractivity contribution in [3.05, 3.63) is 29.8 Å². The lowest BCUT2D eigenvalue weighted by Crippen LogP contribution is -2.20. The molecule has 1 aromatic carbocycles. The van der Waals surface area contributed by atoms with E-state index in [4.69, 9.17) is 10.5 Å². The van der Waals surface area contributed by atoms with Gasteiger partial charge >= 0.3 is 0 Å². The van der Waals surface area contributed by atoms with E-state index in [9.17, 15) is 4.79 Å². The van der Waals surface area contributed by atoms with Crippen LogP contribution in [0.2, 0.25) is 0 Å². The first-order chi connectivity index (χ1) is 8.58. The Morgan fingerprint density at radius 1 is 1.33 bits per heavy atom. The van der Waals surface area contributed by atoms with E-state index in [0.717, 1.165) is 6.42 Å². The SMILES string of the molecule is COc1ccccc1C(=O)CC(CN)CC(C)C. The van der Waals surface area contributed by atoms with Crippen molar-refractivity contribution in [2.24, 2.45) is 17.6 Å². The van der Waals surface area contributed by atoms with Crippen LogP contribution in [0.25, 0.3) is 0 Å². The van der Waals surface area contributed by atoms with Crippen LogP contribution >= 0.6 is 0 Å². The molecule has 1 unspecified atom stereocenters. The zero-order valence-corrected chi connectivity index (χ0v) is 11.5. The topological polar surface area (TPSA) is 52.3 Å². The van der Waals surface area contributed by atoms with E-state index in [2.05, 4.69) is 13.8 Å². The molecule has 0 aliphatic rings. The van der Waals surface area contributed by atoms with Crippen molar-refractivity contribution in [3.8, 4) is 5.75 Å². The van der Waals surface area contributed by atoms with Crippen LogP contribution in [0.15, 0.2) is 24.3 Å². The van der Waals surface area contributed by atoms with Crippen LogP contribution in [-0.2, 0) is 0 Å². The third-order valence-electron chi connectivity index (χ3n) is 3.02. The summed E-state index contributed by atoms with van der Waals surface area (Å²) in [5, 5.41) is 0. The molecule has 1 rings (SSSR count). The van der Waals surface area contributed by atoms with Crippen LogP contribution in [0.3, 0.4) is 0 Å². The molecule has 0 saturated carbocycles. The number of nitrogens with two attached hydrogens (primary N) is 1. The molecule has 0 amide bonds. The minimum absolute atomic E-state index is 0.114. The van der Waals surface area contributed by atoms with E-state index in [1.165, 1.54) is 0 Å². The van der Waals surface area contributed by atoms with Gasteiger partial charge in [0.1, 0.15) is 5.75 Å². The van der Waals surface area contributed by atoms with Gasteiger partial charge in [0.2, 0.25) is 0 Å². The van der Waals surface area contributed by atoms with Crippen LogP contribution in [0.1, 0.15) is 37.0 Å². The molecule has 0 heterocycles. The molecular weight excluding hydrogens is 226 g/mol. The number of Topliss-reactive ketones (excluding diaryl/α,β-unsaturated/α-hetero) is 1. The first-order valence-corrected chi connectivity index (χ1v) is 6.44. The van der Waals surface area contributed by atoms with Crippen LogP contribution in [0, 0.1) is 11.8 Å². The summed E-state index contributed by atoms with van der Waals surface area (Å²) in [5.74, 6) is 1.57. The minimum Gasteiger partial charge on any atom is -0.496 e. The summed E-state index contributed by atoms with van der Waals surface area (Å²) in [6.07, 6.45) is 1.48. The van der Waals surface area contributed by atoms with Gasteiger partial charge in [0.15, 0.2) is 5.78 Å². The van der Waals surface area contributed by atoms with Crippen molar-refractivity contribution in [1.29, 1.82) is 0 Å². The number of rotatable bonds is 7. The predicted octanol–water partition coefficient (Wildman–Crippen LogP) is 2.89. The molecule has 0 fully saturated rings. The molecule has 2 N–H and O–H groups in total. The van der Waals surface area contributed by atoms with Gasteiger partial charge in [-0.15, -0.1) is 0 Å². The molecule has 18 heavy (non-hydrogen) atoms. The first kappa shape index (κ1) is 14.7. The van der Waals surface area contributed by atoms with Crippen molar-refractivity contribution in [2.75, 3.05) is 13.7 Å². The van der Waals surface area contributed by atoms with Gasteiger partial charge < -0.3 is 10.5 Å². The molecule has 0 aliphatic carbocycles. The number of carbonyl (C=O) groups is 1. The van der Waals surface area contributed by atoms with Gasteiger partial charge in [-0.25, -0.2) is 0 Å². The quantitative estimate of drug-likeness (QED) is 0.756. The summed E-state index contributed by atoms with van der Waals surface area (Å²) < 4.78 is 5.21. The van der Waals surface area contributed by atoms with E-state index >= 15 is 0 Å². The molecule has 0 radical (unpaired) electrons. The molecule has 1 aromatic rings. The van der Waals surface area contributed by atoms with E-state index in [0.29, 0.717) is 30.2 Å². The average Bonchev–Trinajstić information content (AvgIpc) is 2.37. The summed E-state index contributed by atoms with van der Waals surface area (Å²) in [7, 11) is 1.58. The summed E-state index contributed by atoms with van der Waals surface area (Å²) in [6, 6.07) is 7.34. The highest BCUT2D eigenvalue weighted by molar-refractivity contribution is 5.98. The van der Waals surface area contributed by atoms with Gasteiger partial charge in [-0.3, -0.25) is 4.79 Å². The zero-order chi connectivity index (χ0) is 13.5. The number of hydrogen-bond donors (Lipinski definition) is 1. The first-order valence-electron chi connectivity index (χ1n) is 6.44. The van der Waals surface area contributed by atoms with E-state index in [-0.39, 0.29) is 11.7 Å². The lowest BCUT2D eigenvalue weighted by Gasteiger charge is -2.16. The average molecular weight is 249 g/mol. The van der Waals surface area contributed by atoms with Crippen molar-refractivity contribution in [2.45, 2.75) is 26.7 Å². The second kappa shape index (κ2) is 7.17. The third kappa shape index (κ3) is 4.15. The van der Waals surface area contributed by atoms with Gasteiger partial charge in [0.05, 0.1) is 12.7 Å². The number of carbonyl (C=O) groups excluding carboxylic acids is 1. The molecular formula is C15H23NO2. The fourth-order valence-corrected chi connectivity index (χ4v) is 2.18. The predicted molar refractivity (Wildman–Crippen MR) is 73.9 cm³/mol. The van der Waals surface area contributed by atoms with Crippen LogP contribution in [0.5, 0.6) is 5.75 Å². The highest BCUT2D eigenvalue weighted by Gasteiger charge is 2.17. The number of ether oxygens (including phenoxy) is 1. The fourth-order valence-electron chi connectivity index (χ4n) is 2.18. The normalized spacial score (nSPS) is 12.5. The van der Waals surface area contributed by atoms with Gasteiger partial charge in [0.25, 0.3) is 0 Å². The van der Waals surface area contributed by atoms with Crippen molar-refractivity contribution >= 4 is 5.78 Å². The molecule has 0 aromatic heterocycles. The Morgan fingerprint density at radius 3 is 2.56 bits per heavy atom. The zero-order valence-electron chi connectivity index (χ0n) is 11.5. The lowest BCUT2D eigenvalue weighted by molar-refractivity contribution is 0.0954. The van der Waals surface area contributed by atoms with E-state index in [1.54, 1.807) is 7.11 Å².